The number of hydrogen-bond donors (Lipinski definition) is 2. The van der Waals surface area contributed by atoms with Crippen molar-refractivity contribution >= 4 is 17.6 Å². The molecule has 1 aromatic rings. The number of rotatable bonds is 3. The van der Waals surface area contributed by atoms with E-state index in [2.05, 4.69) is 5.32 Å². The van der Waals surface area contributed by atoms with Gasteiger partial charge in [0, 0.05) is 12.7 Å². The Hall–Kier alpha value is -2.11. The van der Waals surface area contributed by atoms with Crippen LogP contribution in [0.3, 0.4) is 0 Å². The Morgan fingerprint density at radius 3 is 2.59 bits per heavy atom. The number of amides is 1. The molecule has 0 heterocycles. The average molecular weight is 240 g/mol. The summed E-state index contributed by atoms with van der Waals surface area (Å²) in [4.78, 5) is 22.7. The lowest BCUT2D eigenvalue weighted by atomic mass is 10.2. The van der Waals surface area contributed by atoms with E-state index in [1.54, 1.807) is 0 Å². The van der Waals surface area contributed by atoms with Crippen molar-refractivity contribution < 1.29 is 18.7 Å². The Balaban J connectivity index is 2.79. The topological polar surface area (TPSA) is 81.4 Å². The summed E-state index contributed by atoms with van der Waals surface area (Å²) >= 11 is 0. The molecule has 0 aliphatic rings. The molecule has 1 atom stereocenters. The molecule has 6 heteroatoms. The molecule has 0 aliphatic carbocycles. The van der Waals surface area contributed by atoms with Gasteiger partial charge in [0.15, 0.2) is 6.10 Å². The summed E-state index contributed by atoms with van der Waals surface area (Å²) in [5.41, 5.74) is 5.47. The van der Waals surface area contributed by atoms with Crippen molar-refractivity contribution in [1.29, 1.82) is 0 Å². The Labute approximate surface area is 97.7 Å². The third-order valence-corrected chi connectivity index (χ3v) is 2.06. The zero-order chi connectivity index (χ0) is 13.0. The molecular weight excluding hydrogens is 227 g/mol. The summed E-state index contributed by atoms with van der Waals surface area (Å²) in [6.45, 7) is 1.42. The SMILES string of the molecule is CNC(=O)C(C)OC(=O)c1cc(N)cc(F)c1. The lowest BCUT2D eigenvalue weighted by molar-refractivity contribution is -0.128. The van der Waals surface area contributed by atoms with Crippen LogP contribution in [0.4, 0.5) is 10.1 Å². The molecule has 0 saturated carbocycles. The number of nitrogens with two attached hydrogens (primary N) is 1. The second-order valence-corrected chi connectivity index (χ2v) is 3.44. The van der Waals surface area contributed by atoms with Crippen LogP contribution in [0, 0.1) is 5.82 Å². The fourth-order valence-electron chi connectivity index (χ4n) is 1.22. The molecule has 1 amide bonds. The van der Waals surface area contributed by atoms with Crippen LogP contribution in [0.2, 0.25) is 0 Å². The van der Waals surface area contributed by atoms with Gasteiger partial charge in [-0.25, -0.2) is 9.18 Å². The van der Waals surface area contributed by atoms with Crippen molar-refractivity contribution in [2.45, 2.75) is 13.0 Å². The number of carbonyl (C=O) groups is 2. The van der Waals surface area contributed by atoms with E-state index in [0.29, 0.717) is 0 Å². The molecule has 0 aliphatic heterocycles. The first-order chi connectivity index (χ1) is 7.93. The highest BCUT2D eigenvalue weighted by Crippen LogP contribution is 2.12. The smallest absolute Gasteiger partial charge is 0.339 e. The monoisotopic (exact) mass is 240 g/mol. The highest BCUT2D eigenvalue weighted by Gasteiger charge is 2.18. The van der Waals surface area contributed by atoms with Gasteiger partial charge in [-0.1, -0.05) is 0 Å². The van der Waals surface area contributed by atoms with E-state index in [1.165, 1.54) is 20.0 Å². The first kappa shape index (κ1) is 13.0. The molecule has 0 saturated heterocycles. The number of carbonyl (C=O) groups excluding carboxylic acids is 2. The van der Waals surface area contributed by atoms with Crippen molar-refractivity contribution in [2.24, 2.45) is 0 Å². The van der Waals surface area contributed by atoms with Crippen molar-refractivity contribution in [3.05, 3.63) is 29.6 Å². The molecule has 1 aromatic carbocycles. The van der Waals surface area contributed by atoms with Crippen LogP contribution in [0.5, 0.6) is 0 Å². The van der Waals surface area contributed by atoms with Gasteiger partial charge >= 0.3 is 5.97 Å². The predicted octanol–water partition coefficient (Wildman–Crippen LogP) is 0.699. The molecule has 1 rings (SSSR count). The second-order valence-electron chi connectivity index (χ2n) is 3.44. The molecular formula is C11H13FN2O3. The third kappa shape index (κ3) is 3.44. The normalized spacial score (nSPS) is 11.7. The number of anilines is 1. The van der Waals surface area contributed by atoms with Gasteiger partial charge in [0.25, 0.3) is 5.91 Å². The fourth-order valence-corrected chi connectivity index (χ4v) is 1.22. The molecule has 0 radical (unpaired) electrons. The molecule has 0 spiro atoms. The van der Waals surface area contributed by atoms with Crippen LogP contribution in [-0.4, -0.2) is 25.0 Å². The van der Waals surface area contributed by atoms with Crippen LogP contribution < -0.4 is 11.1 Å². The number of halogens is 1. The summed E-state index contributed by atoms with van der Waals surface area (Å²) in [7, 11) is 1.42. The van der Waals surface area contributed by atoms with Crippen LogP contribution in [0.15, 0.2) is 18.2 Å². The summed E-state index contributed by atoms with van der Waals surface area (Å²) < 4.78 is 17.8. The zero-order valence-electron chi connectivity index (χ0n) is 9.49. The minimum atomic E-state index is -0.947. The fraction of sp³-hybridized carbons (Fsp3) is 0.273. The zero-order valence-corrected chi connectivity index (χ0v) is 9.49. The molecule has 1 unspecified atom stereocenters. The summed E-state index contributed by atoms with van der Waals surface area (Å²) in [6.07, 6.45) is -0.947. The molecule has 92 valence electrons. The number of ether oxygens (including phenoxy) is 1. The van der Waals surface area contributed by atoms with Gasteiger partial charge in [-0.2, -0.15) is 0 Å². The standard InChI is InChI=1S/C11H13FN2O3/c1-6(10(15)14-2)17-11(16)7-3-8(12)5-9(13)4-7/h3-6H,13H2,1-2H3,(H,14,15). The number of hydrogen-bond acceptors (Lipinski definition) is 4. The van der Waals surface area contributed by atoms with Crippen molar-refractivity contribution in [1.82, 2.24) is 5.32 Å². The Morgan fingerprint density at radius 1 is 1.41 bits per heavy atom. The van der Waals surface area contributed by atoms with Crippen LogP contribution in [0.1, 0.15) is 17.3 Å². The molecule has 3 N–H and O–H groups in total. The lowest BCUT2D eigenvalue weighted by Gasteiger charge is -2.11. The first-order valence-corrected chi connectivity index (χ1v) is 4.92. The van der Waals surface area contributed by atoms with E-state index in [4.69, 9.17) is 10.5 Å². The highest BCUT2D eigenvalue weighted by atomic mass is 19.1. The maximum atomic E-state index is 13.0. The molecule has 0 aromatic heterocycles. The van der Waals surface area contributed by atoms with Crippen molar-refractivity contribution in [2.75, 3.05) is 12.8 Å². The first-order valence-electron chi connectivity index (χ1n) is 4.92. The number of nitrogen functional groups attached to an aromatic ring is 1. The van der Waals surface area contributed by atoms with Gasteiger partial charge in [-0.15, -0.1) is 0 Å². The Kier molecular flexibility index (Phi) is 4.03. The Morgan fingerprint density at radius 2 is 2.06 bits per heavy atom. The largest absolute Gasteiger partial charge is 0.449 e. The van der Waals surface area contributed by atoms with Gasteiger partial charge in [-0.3, -0.25) is 4.79 Å². The number of likely N-dealkylation sites (N-methyl/N-ethyl adjacent to an activating group) is 1. The van der Waals surface area contributed by atoms with E-state index >= 15 is 0 Å². The highest BCUT2D eigenvalue weighted by molar-refractivity contribution is 5.92. The van der Waals surface area contributed by atoms with E-state index < -0.39 is 23.8 Å². The van der Waals surface area contributed by atoms with Crippen LogP contribution in [-0.2, 0) is 9.53 Å². The van der Waals surface area contributed by atoms with E-state index in [0.717, 1.165) is 12.1 Å². The molecule has 17 heavy (non-hydrogen) atoms. The maximum Gasteiger partial charge on any atom is 0.339 e. The summed E-state index contributed by atoms with van der Waals surface area (Å²) in [5.74, 6) is -1.88. The maximum absolute atomic E-state index is 13.0. The van der Waals surface area contributed by atoms with Crippen molar-refractivity contribution in [3.8, 4) is 0 Å². The lowest BCUT2D eigenvalue weighted by Crippen LogP contribution is -2.33. The molecule has 5 nitrogen and oxygen atoms in total. The quantitative estimate of drug-likeness (QED) is 0.602. The number of nitrogens with one attached hydrogen (secondary N) is 1. The average Bonchev–Trinajstić information content (AvgIpc) is 2.26. The minimum Gasteiger partial charge on any atom is -0.449 e. The minimum absolute atomic E-state index is 0.0294. The molecule has 0 bridgehead atoms. The van der Waals surface area contributed by atoms with Gasteiger partial charge in [0.05, 0.1) is 5.56 Å². The second kappa shape index (κ2) is 5.29. The van der Waals surface area contributed by atoms with Gasteiger partial charge in [0.2, 0.25) is 0 Å². The predicted molar refractivity (Wildman–Crippen MR) is 59.8 cm³/mol. The number of benzene rings is 1. The van der Waals surface area contributed by atoms with E-state index in [1.807, 2.05) is 0 Å². The van der Waals surface area contributed by atoms with Gasteiger partial charge in [0.1, 0.15) is 5.82 Å². The molecule has 0 fully saturated rings. The number of esters is 1. The van der Waals surface area contributed by atoms with Gasteiger partial charge in [-0.05, 0) is 25.1 Å². The summed E-state index contributed by atoms with van der Waals surface area (Å²) in [6, 6.07) is 3.36. The van der Waals surface area contributed by atoms with E-state index in [-0.39, 0.29) is 11.3 Å². The van der Waals surface area contributed by atoms with Crippen LogP contribution in [0.25, 0.3) is 0 Å². The Bertz CT molecular complexity index is 428. The van der Waals surface area contributed by atoms with Crippen molar-refractivity contribution in [3.63, 3.8) is 0 Å². The van der Waals surface area contributed by atoms with Crippen LogP contribution >= 0.6 is 0 Å². The summed E-state index contributed by atoms with van der Waals surface area (Å²) in [5, 5.41) is 2.33. The van der Waals surface area contributed by atoms with E-state index in [9.17, 15) is 14.0 Å². The van der Waals surface area contributed by atoms with Gasteiger partial charge < -0.3 is 15.8 Å². The third-order valence-electron chi connectivity index (χ3n) is 2.06.